The van der Waals surface area contributed by atoms with E-state index in [-0.39, 0.29) is 12.8 Å². The summed E-state index contributed by atoms with van der Waals surface area (Å²) in [5.74, 6) is -1.46. The summed E-state index contributed by atoms with van der Waals surface area (Å²) < 4.78 is 0. The molecule has 0 spiro atoms. The highest BCUT2D eigenvalue weighted by molar-refractivity contribution is 6.33. The van der Waals surface area contributed by atoms with Gasteiger partial charge < -0.3 is 10.4 Å². The SMILES string of the molecule is O=C(NC1(C(=O)O)Cc2ccccc2C1)c1ccc(Cl)c(-c2ccccc2)c1. The molecule has 0 aromatic heterocycles. The monoisotopic (exact) mass is 391 g/mol. The molecular formula is C23H18ClNO3. The van der Waals surface area contributed by atoms with Crippen LogP contribution >= 0.6 is 11.6 Å². The second-order valence-corrected chi connectivity index (χ2v) is 7.43. The van der Waals surface area contributed by atoms with Gasteiger partial charge in [0.05, 0.1) is 0 Å². The molecular weight excluding hydrogens is 374 g/mol. The Morgan fingerprint density at radius 2 is 1.50 bits per heavy atom. The van der Waals surface area contributed by atoms with Gasteiger partial charge in [-0.05, 0) is 34.9 Å². The van der Waals surface area contributed by atoms with E-state index in [2.05, 4.69) is 5.32 Å². The molecule has 0 heterocycles. The number of aliphatic carboxylic acids is 1. The molecule has 0 fully saturated rings. The number of fused-ring (bicyclic) bond motifs is 1. The van der Waals surface area contributed by atoms with Crippen molar-refractivity contribution in [1.29, 1.82) is 0 Å². The number of carbonyl (C=O) groups excluding carboxylic acids is 1. The van der Waals surface area contributed by atoms with Gasteiger partial charge in [-0.15, -0.1) is 0 Å². The normalized spacial score (nSPS) is 14.3. The average molecular weight is 392 g/mol. The molecule has 0 unspecified atom stereocenters. The third-order valence-corrected chi connectivity index (χ3v) is 5.51. The summed E-state index contributed by atoms with van der Waals surface area (Å²) in [5, 5.41) is 13.2. The standard InChI is InChI=1S/C23H18ClNO3/c24-20-11-10-16(12-19(20)15-6-2-1-3-7-15)21(26)25-23(22(27)28)13-17-8-4-5-9-18(17)14-23/h1-12H,13-14H2,(H,25,26)(H,27,28). The topological polar surface area (TPSA) is 66.4 Å². The van der Waals surface area contributed by atoms with Crippen LogP contribution in [-0.4, -0.2) is 22.5 Å². The molecule has 3 aromatic carbocycles. The van der Waals surface area contributed by atoms with E-state index < -0.39 is 17.4 Å². The molecule has 0 saturated heterocycles. The Balaban J connectivity index is 1.64. The van der Waals surface area contributed by atoms with Crippen molar-refractivity contribution in [2.24, 2.45) is 0 Å². The lowest BCUT2D eigenvalue weighted by Crippen LogP contribution is -2.55. The van der Waals surface area contributed by atoms with Crippen molar-refractivity contribution in [2.45, 2.75) is 18.4 Å². The fraction of sp³-hybridized carbons (Fsp3) is 0.130. The van der Waals surface area contributed by atoms with E-state index in [9.17, 15) is 14.7 Å². The van der Waals surface area contributed by atoms with Gasteiger partial charge in [-0.1, -0.05) is 66.2 Å². The zero-order chi connectivity index (χ0) is 19.7. The Hall–Kier alpha value is -3.11. The third kappa shape index (κ3) is 3.27. The highest BCUT2D eigenvalue weighted by atomic mass is 35.5. The Kier molecular flexibility index (Phi) is 4.65. The lowest BCUT2D eigenvalue weighted by molar-refractivity contribution is -0.144. The highest BCUT2D eigenvalue weighted by Crippen LogP contribution is 2.32. The van der Waals surface area contributed by atoms with Crippen LogP contribution in [0.2, 0.25) is 5.02 Å². The van der Waals surface area contributed by atoms with Gasteiger partial charge in [0.15, 0.2) is 0 Å². The Morgan fingerprint density at radius 3 is 2.11 bits per heavy atom. The molecule has 0 atom stereocenters. The fourth-order valence-electron chi connectivity index (χ4n) is 3.70. The van der Waals surface area contributed by atoms with E-state index in [0.717, 1.165) is 22.3 Å². The van der Waals surface area contributed by atoms with Gasteiger partial charge in [-0.2, -0.15) is 0 Å². The Labute approximate surface area is 167 Å². The highest BCUT2D eigenvalue weighted by Gasteiger charge is 2.45. The van der Waals surface area contributed by atoms with Gasteiger partial charge in [0, 0.05) is 29.0 Å². The first-order valence-electron chi connectivity index (χ1n) is 8.96. The number of carbonyl (C=O) groups is 2. The molecule has 4 rings (SSSR count). The predicted molar refractivity (Wildman–Crippen MR) is 109 cm³/mol. The summed E-state index contributed by atoms with van der Waals surface area (Å²) in [6.07, 6.45) is 0.534. The van der Waals surface area contributed by atoms with Crippen molar-refractivity contribution < 1.29 is 14.7 Å². The number of amides is 1. The van der Waals surface area contributed by atoms with Crippen molar-refractivity contribution in [2.75, 3.05) is 0 Å². The van der Waals surface area contributed by atoms with E-state index in [1.165, 1.54) is 0 Å². The number of hydrogen-bond acceptors (Lipinski definition) is 2. The zero-order valence-corrected chi connectivity index (χ0v) is 15.7. The molecule has 0 aliphatic heterocycles. The second-order valence-electron chi connectivity index (χ2n) is 7.02. The van der Waals surface area contributed by atoms with Crippen LogP contribution in [0.3, 0.4) is 0 Å². The van der Waals surface area contributed by atoms with Crippen molar-refractivity contribution in [3.63, 3.8) is 0 Å². The molecule has 4 nitrogen and oxygen atoms in total. The van der Waals surface area contributed by atoms with Crippen LogP contribution in [0.4, 0.5) is 0 Å². The molecule has 1 aliphatic carbocycles. The van der Waals surface area contributed by atoms with Crippen LogP contribution in [0, 0.1) is 0 Å². The molecule has 1 aliphatic rings. The molecule has 0 bridgehead atoms. The first kappa shape index (κ1) is 18.3. The summed E-state index contributed by atoms with van der Waals surface area (Å²) in [5.41, 5.74) is 2.56. The van der Waals surface area contributed by atoms with Crippen molar-refractivity contribution in [3.8, 4) is 11.1 Å². The number of carboxylic acids is 1. The van der Waals surface area contributed by atoms with Crippen molar-refractivity contribution in [3.05, 3.63) is 94.5 Å². The minimum absolute atomic E-state index is 0.267. The third-order valence-electron chi connectivity index (χ3n) is 5.18. The van der Waals surface area contributed by atoms with Gasteiger partial charge >= 0.3 is 5.97 Å². The van der Waals surface area contributed by atoms with E-state index in [4.69, 9.17) is 11.6 Å². The van der Waals surface area contributed by atoms with E-state index in [0.29, 0.717) is 10.6 Å². The van der Waals surface area contributed by atoms with Gasteiger partial charge in [0.25, 0.3) is 5.91 Å². The van der Waals surface area contributed by atoms with Crippen LogP contribution in [0.1, 0.15) is 21.5 Å². The smallest absolute Gasteiger partial charge is 0.330 e. The maximum absolute atomic E-state index is 12.9. The zero-order valence-electron chi connectivity index (χ0n) is 15.0. The summed E-state index contributed by atoms with van der Waals surface area (Å²) in [6, 6.07) is 22.1. The maximum Gasteiger partial charge on any atom is 0.330 e. The van der Waals surface area contributed by atoms with Gasteiger partial charge in [-0.3, -0.25) is 4.79 Å². The van der Waals surface area contributed by atoms with Crippen molar-refractivity contribution in [1.82, 2.24) is 5.32 Å². The molecule has 3 aromatic rings. The number of hydrogen-bond donors (Lipinski definition) is 2. The number of carboxylic acid groups (broad SMARTS) is 1. The maximum atomic E-state index is 12.9. The number of benzene rings is 3. The fourth-order valence-corrected chi connectivity index (χ4v) is 3.93. The van der Waals surface area contributed by atoms with E-state index in [1.54, 1.807) is 18.2 Å². The first-order chi connectivity index (χ1) is 13.5. The molecule has 0 saturated carbocycles. The van der Waals surface area contributed by atoms with Crippen LogP contribution in [0.5, 0.6) is 0 Å². The lowest BCUT2D eigenvalue weighted by atomic mass is 9.94. The second kappa shape index (κ2) is 7.13. The quantitative estimate of drug-likeness (QED) is 0.694. The van der Waals surface area contributed by atoms with E-state index in [1.807, 2.05) is 54.6 Å². The predicted octanol–water partition coefficient (Wildman–Crippen LogP) is 4.36. The van der Waals surface area contributed by atoms with Crippen molar-refractivity contribution >= 4 is 23.5 Å². The summed E-state index contributed by atoms with van der Waals surface area (Å²) in [6.45, 7) is 0. The average Bonchev–Trinajstić information content (AvgIpc) is 3.08. The molecule has 1 amide bonds. The number of rotatable bonds is 4. The first-order valence-corrected chi connectivity index (χ1v) is 9.34. The minimum Gasteiger partial charge on any atom is -0.479 e. The number of halogens is 1. The lowest BCUT2D eigenvalue weighted by Gasteiger charge is -2.25. The summed E-state index contributed by atoms with van der Waals surface area (Å²) in [7, 11) is 0. The van der Waals surface area contributed by atoms with Gasteiger partial charge in [0.2, 0.25) is 0 Å². The molecule has 2 N–H and O–H groups in total. The Morgan fingerprint density at radius 1 is 0.893 bits per heavy atom. The van der Waals surface area contributed by atoms with Crippen LogP contribution in [0.25, 0.3) is 11.1 Å². The van der Waals surface area contributed by atoms with Gasteiger partial charge in [0.1, 0.15) is 5.54 Å². The van der Waals surface area contributed by atoms with Gasteiger partial charge in [-0.25, -0.2) is 4.79 Å². The largest absolute Gasteiger partial charge is 0.479 e. The Bertz CT molecular complexity index is 1040. The van der Waals surface area contributed by atoms with Crippen LogP contribution in [0.15, 0.2) is 72.8 Å². The van der Waals surface area contributed by atoms with Crippen LogP contribution < -0.4 is 5.32 Å². The minimum atomic E-state index is -1.34. The molecule has 5 heteroatoms. The van der Waals surface area contributed by atoms with Crippen LogP contribution in [-0.2, 0) is 17.6 Å². The molecule has 140 valence electrons. The molecule has 28 heavy (non-hydrogen) atoms. The molecule has 0 radical (unpaired) electrons. The summed E-state index contributed by atoms with van der Waals surface area (Å²) in [4.78, 5) is 25.0. The van der Waals surface area contributed by atoms with E-state index >= 15 is 0 Å². The summed E-state index contributed by atoms with van der Waals surface area (Å²) >= 11 is 6.32. The number of nitrogens with one attached hydrogen (secondary N) is 1.